The maximum atomic E-state index is 13.4. The van der Waals surface area contributed by atoms with Gasteiger partial charge < -0.3 is 9.73 Å². The van der Waals surface area contributed by atoms with Gasteiger partial charge in [-0.05, 0) is 31.2 Å². The Morgan fingerprint density at radius 1 is 1.39 bits per heavy atom. The molecule has 96 valence electrons. The summed E-state index contributed by atoms with van der Waals surface area (Å²) in [6, 6.07) is 4.66. The summed E-state index contributed by atoms with van der Waals surface area (Å²) in [7, 11) is 0. The predicted molar refractivity (Wildman–Crippen MR) is 71.6 cm³/mol. The third kappa shape index (κ3) is 3.17. The van der Waals surface area contributed by atoms with Crippen LogP contribution in [0.4, 0.5) is 4.39 Å². The van der Waals surface area contributed by atoms with Crippen LogP contribution in [0.1, 0.15) is 19.0 Å². The average molecular weight is 313 g/mol. The van der Waals surface area contributed by atoms with E-state index in [0.29, 0.717) is 22.3 Å². The summed E-state index contributed by atoms with van der Waals surface area (Å²) in [6.07, 6.45) is 2.44. The van der Waals surface area contributed by atoms with Crippen molar-refractivity contribution in [3.05, 3.63) is 40.6 Å². The molecule has 18 heavy (non-hydrogen) atoms. The molecule has 1 aromatic carbocycles. The zero-order valence-corrected chi connectivity index (χ0v) is 11.6. The van der Waals surface area contributed by atoms with E-state index in [-0.39, 0.29) is 5.82 Å². The summed E-state index contributed by atoms with van der Waals surface area (Å²) in [4.78, 5) is 4.16. The van der Waals surface area contributed by atoms with Gasteiger partial charge in [-0.15, -0.1) is 0 Å². The molecule has 0 aliphatic heterocycles. The molecule has 0 unspecified atom stereocenters. The lowest BCUT2D eigenvalue weighted by atomic mass is 10.1. The number of nitrogens with one attached hydrogen (secondary N) is 1. The van der Waals surface area contributed by atoms with Gasteiger partial charge in [-0.1, -0.05) is 22.9 Å². The maximum Gasteiger partial charge on any atom is 0.181 e. The molecule has 0 saturated carbocycles. The number of oxazole rings is 1. The summed E-state index contributed by atoms with van der Waals surface area (Å²) in [5.74, 6) is 0.307. The highest BCUT2D eigenvalue weighted by Gasteiger charge is 2.12. The molecule has 0 spiro atoms. The average Bonchev–Trinajstić information content (AvgIpc) is 2.76. The van der Waals surface area contributed by atoms with Gasteiger partial charge in [0.2, 0.25) is 0 Å². The van der Waals surface area contributed by atoms with Gasteiger partial charge in [0.15, 0.2) is 12.2 Å². The van der Waals surface area contributed by atoms with E-state index in [4.69, 9.17) is 4.42 Å². The van der Waals surface area contributed by atoms with Gasteiger partial charge in [0, 0.05) is 16.6 Å². The normalized spacial score (nSPS) is 10.8. The molecule has 1 aromatic heterocycles. The Kier molecular flexibility index (Phi) is 4.49. The van der Waals surface area contributed by atoms with Crippen molar-refractivity contribution in [1.29, 1.82) is 0 Å². The Bertz CT molecular complexity index is 507. The summed E-state index contributed by atoms with van der Waals surface area (Å²) in [5.41, 5.74) is 1.48. The van der Waals surface area contributed by atoms with Crippen LogP contribution in [0.3, 0.4) is 0 Å². The number of rotatable bonds is 5. The number of nitrogens with zero attached hydrogens (tertiary/aromatic N) is 1. The van der Waals surface area contributed by atoms with Crippen LogP contribution >= 0.6 is 15.9 Å². The van der Waals surface area contributed by atoms with Gasteiger partial charge in [-0.25, -0.2) is 9.37 Å². The van der Waals surface area contributed by atoms with E-state index < -0.39 is 0 Å². The first-order valence-corrected chi connectivity index (χ1v) is 6.59. The molecule has 1 N–H and O–H groups in total. The Labute approximate surface area is 114 Å². The summed E-state index contributed by atoms with van der Waals surface area (Å²) in [5, 5.41) is 3.25. The molecule has 2 aromatic rings. The highest BCUT2D eigenvalue weighted by atomic mass is 79.9. The first-order valence-electron chi connectivity index (χ1n) is 5.80. The monoisotopic (exact) mass is 312 g/mol. The van der Waals surface area contributed by atoms with Crippen LogP contribution in [0, 0.1) is 5.82 Å². The molecule has 0 aliphatic carbocycles. The van der Waals surface area contributed by atoms with Gasteiger partial charge >= 0.3 is 0 Å². The molecule has 5 heteroatoms. The molecule has 3 nitrogen and oxygen atoms in total. The predicted octanol–water partition coefficient (Wildman–Crippen LogP) is 3.74. The van der Waals surface area contributed by atoms with Crippen molar-refractivity contribution < 1.29 is 8.81 Å². The van der Waals surface area contributed by atoms with Crippen LogP contribution in [-0.4, -0.2) is 11.5 Å². The van der Waals surface area contributed by atoms with Crippen molar-refractivity contribution in [3.8, 4) is 11.3 Å². The number of halogens is 2. The van der Waals surface area contributed by atoms with Crippen molar-refractivity contribution in [3.63, 3.8) is 0 Å². The van der Waals surface area contributed by atoms with E-state index in [1.807, 2.05) is 6.07 Å². The largest absolute Gasteiger partial charge is 0.443 e. The zero-order chi connectivity index (χ0) is 13.0. The van der Waals surface area contributed by atoms with Gasteiger partial charge in [-0.3, -0.25) is 0 Å². The second-order valence-corrected chi connectivity index (χ2v) is 4.88. The Hall–Kier alpha value is -1.20. The molecule has 2 rings (SSSR count). The lowest BCUT2D eigenvalue weighted by Gasteiger charge is -2.04. The minimum Gasteiger partial charge on any atom is -0.443 e. The SMILES string of the molecule is CCCNCc1ncoc1-c1cc(F)cc(Br)c1. The fourth-order valence-corrected chi connectivity index (χ4v) is 2.16. The molecule has 0 amide bonds. The van der Waals surface area contributed by atoms with Crippen LogP contribution in [0.25, 0.3) is 11.3 Å². The van der Waals surface area contributed by atoms with Crippen molar-refractivity contribution in [1.82, 2.24) is 10.3 Å². The first-order chi connectivity index (χ1) is 8.70. The molecule has 1 heterocycles. The lowest BCUT2D eigenvalue weighted by Crippen LogP contribution is -2.14. The highest BCUT2D eigenvalue weighted by Crippen LogP contribution is 2.27. The van der Waals surface area contributed by atoms with E-state index in [1.165, 1.54) is 18.5 Å². The second-order valence-electron chi connectivity index (χ2n) is 3.96. The molecule has 0 radical (unpaired) electrons. The Morgan fingerprint density at radius 2 is 2.22 bits per heavy atom. The standard InChI is InChI=1S/C13H14BrFN2O/c1-2-3-16-7-12-13(18-8-17-12)9-4-10(14)6-11(15)5-9/h4-6,8,16H,2-3,7H2,1H3. The minimum absolute atomic E-state index is 0.303. The highest BCUT2D eigenvalue weighted by molar-refractivity contribution is 9.10. The van der Waals surface area contributed by atoms with Gasteiger partial charge in [0.1, 0.15) is 11.5 Å². The molecular weight excluding hydrogens is 299 g/mol. The fraction of sp³-hybridized carbons (Fsp3) is 0.308. The van der Waals surface area contributed by atoms with Crippen molar-refractivity contribution >= 4 is 15.9 Å². The van der Waals surface area contributed by atoms with Crippen molar-refractivity contribution in [2.75, 3.05) is 6.54 Å². The van der Waals surface area contributed by atoms with Crippen LogP contribution in [0.2, 0.25) is 0 Å². The molecule has 0 bridgehead atoms. The van der Waals surface area contributed by atoms with E-state index in [1.54, 1.807) is 0 Å². The Morgan fingerprint density at radius 3 is 2.94 bits per heavy atom. The van der Waals surface area contributed by atoms with Crippen LogP contribution in [0.5, 0.6) is 0 Å². The van der Waals surface area contributed by atoms with Crippen molar-refractivity contribution in [2.24, 2.45) is 0 Å². The van der Waals surface area contributed by atoms with Gasteiger partial charge in [0.25, 0.3) is 0 Å². The van der Waals surface area contributed by atoms with Crippen LogP contribution in [-0.2, 0) is 6.54 Å². The van der Waals surface area contributed by atoms with Crippen LogP contribution in [0.15, 0.2) is 33.5 Å². The van der Waals surface area contributed by atoms with Crippen molar-refractivity contribution in [2.45, 2.75) is 19.9 Å². The summed E-state index contributed by atoms with van der Waals surface area (Å²) in [6.45, 7) is 3.63. The maximum absolute atomic E-state index is 13.4. The lowest BCUT2D eigenvalue weighted by molar-refractivity contribution is 0.567. The Balaban J connectivity index is 2.24. The van der Waals surface area contributed by atoms with Gasteiger partial charge in [-0.2, -0.15) is 0 Å². The smallest absolute Gasteiger partial charge is 0.181 e. The van der Waals surface area contributed by atoms with E-state index in [9.17, 15) is 4.39 Å². The zero-order valence-electron chi connectivity index (χ0n) is 10.0. The molecule has 0 fully saturated rings. The molecule has 0 atom stereocenters. The minimum atomic E-state index is -0.303. The van der Waals surface area contributed by atoms with Crippen LogP contribution < -0.4 is 5.32 Å². The summed E-state index contributed by atoms with van der Waals surface area (Å²) < 4.78 is 19.4. The molecule has 0 saturated heterocycles. The fourth-order valence-electron chi connectivity index (χ4n) is 1.70. The number of hydrogen-bond donors (Lipinski definition) is 1. The van der Waals surface area contributed by atoms with E-state index in [0.717, 1.165) is 18.7 Å². The number of hydrogen-bond acceptors (Lipinski definition) is 3. The van der Waals surface area contributed by atoms with E-state index in [2.05, 4.69) is 33.2 Å². The molecule has 0 aliphatic rings. The third-order valence-corrected chi connectivity index (χ3v) is 2.94. The topological polar surface area (TPSA) is 38.1 Å². The van der Waals surface area contributed by atoms with E-state index >= 15 is 0 Å². The summed E-state index contributed by atoms with van der Waals surface area (Å²) >= 11 is 3.27. The molecular formula is C13H14BrFN2O. The second kappa shape index (κ2) is 6.11. The third-order valence-electron chi connectivity index (χ3n) is 2.49. The first kappa shape index (κ1) is 13.2. The number of aromatic nitrogens is 1. The number of benzene rings is 1. The van der Waals surface area contributed by atoms with Gasteiger partial charge in [0.05, 0.1) is 0 Å². The quantitative estimate of drug-likeness (QED) is 0.855.